The summed E-state index contributed by atoms with van der Waals surface area (Å²) in [4.78, 5) is 0. The Morgan fingerprint density at radius 3 is 2.65 bits per heavy atom. The monoisotopic (exact) mass is 334 g/mol. The van der Waals surface area contributed by atoms with E-state index in [9.17, 15) is 5.11 Å². The highest BCUT2D eigenvalue weighted by Gasteiger charge is 2.11. The van der Waals surface area contributed by atoms with Crippen molar-refractivity contribution in [1.29, 1.82) is 5.41 Å². The van der Waals surface area contributed by atoms with Crippen LogP contribution in [0.4, 0.5) is 0 Å². The number of hydrogen-bond donors (Lipinski definition) is 3. The van der Waals surface area contributed by atoms with Crippen molar-refractivity contribution >= 4 is 17.8 Å². The van der Waals surface area contributed by atoms with Crippen molar-refractivity contribution in [2.45, 2.75) is 6.54 Å². The van der Waals surface area contributed by atoms with Crippen LogP contribution < -0.4 is 14.8 Å². The normalized spacial score (nSPS) is 10.3. The average Bonchev–Trinajstić information content (AvgIpc) is 2.56. The van der Waals surface area contributed by atoms with Crippen molar-refractivity contribution in [3.05, 3.63) is 52.5 Å². The number of halogens is 1. The van der Waals surface area contributed by atoms with Crippen LogP contribution in [-0.2, 0) is 6.54 Å². The lowest BCUT2D eigenvalue weighted by molar-refractivity contribution is 0.292. The molecule has 0 saturated carbocycles. The van der Waals surface area contributed by atoms with Crippen LogP contribution in [0, 0.1) is 5.41 Å². The number of rotatable bonds is 8. The Kier molecular flexibility index (Phi) is 6.26. The molecular formula is C17H19ClN2O3. The smallest absolute Gasteiger partial charge is 0.179 e. The van der Waals surface area contributed by atoms with Gasteiger partial charge in [-0.25, -0.2) is 0 Å². The van der Waals surface area contributed by atoms with Crippen LogP contribution in [-0.4, -0.2) is 31.6 Å². The summed E-state index contributed by atoms with van der Waals surface area (Å²) in [5.74, 6) is 1.24. The van der Waals surface area contributed by atoms with Gasteiger partial charge in [-0.15, -0.1) is 0 Å². The first-order chi connectivity index (χ1) is 11.1. The van der Waals surface area contributed by atoms with Crippen molar-refractivity contribution in [2.75, 3.05) is 20.3 Å². The van der Waals surface area contributed by atoms with Gasteiger partial charge in [0.05, 0.1) is 12.1 Å². The quantitative estimate of drug-likeness (QED) is 0.512. The average molecular weight is 335 g/mol. The van der Waals surface area contributed by atoms with E-state index in [0.29, 0.717) is 41.8 Å². The second kappa shape index (κ2) is 8.41. The van der Waals surface area contributed by atoms with Crippen LogP contribution in [0.2, 0.25) is 5.02 Å². The third-order valence-corrected chi connectivity index (χ3v) is 3.49. The van der Waals surface area contributed by atoms with E-state index in [1.807, 2.05) is 12.1 Å². The molecule has 0 unspecified atom stereocenters. The number of ether oxygens (including phenoxy) is 2. The highest BCUT2D eigenvalue weighted by molar-refractivity contribution is 6.32. The number of benzene rings is 2. The van der Waals surface area contributed by atoms with E-state index >= 15 is 0 Å². The molecule has 23 heavy (non-hydrogen) atoms. The van der Waals surface area contributed by atoms with E-state index in [-0.39, 0.29) is 5.75 Å². The number of phenolic OH excluding ortho intramolecular Hbond substituents is 1. The number of nitrogens with one attached hydrogen (secondary N) is 2. The van der Waals surface area contributed by atoms with Gasteiger partial charge in [0.25, 0.3) is 0 Å². The Labute approximate surface area is 140 Å². The van der Waals surface area contributed by atoms with Crippen molar-refractivity contribution < 1.29 is 14.6 Å². The maximum Gasteiger partial charge on any atom is 0.179 e. The third kappa shape index (κ3) is 4.87. The van der Waals surface area contributed by atoms with Crippen LogP contribution in [0.5, 0.6) is 17.2 Å². The SMILES string of the molecule is COc1cc(C=N)cc(Cl)c1OCCNCc1ccc(O)cc1. The van der Waals surface area contributed by atoms with Crippen LogP contribution in [0.3, 0.4) is 0 Å². The first kappa shape index (κ1) is 17.1. The topological polar surface area (TPSA) is 74.6 Å². The van der Waals surface area contributed by atoms with E-state index in [0.717, 1.165) is 5.56 Å². The molecule has 0 amide bonds. The fourth-order valence-corrected chi connectivity index (χ4v) is 2.31. The van der Waals surface area contributed by atoms with Gasteiger partial charge in [-0.1, -0.05) is 23.7 Å². The summed E-state index contributed by atoms with van der Waals surface area (Å²) in [6.45, 7) is 1.74. The van der Waals surface area contributed by atoms with Gasteiger partial charge >= 0.3 is 0 Å². The Morgan fingerprint density at radius 2 is 2.00 bits per heavy atom. The third-order valence-electron chi connectivity index (χ3n) is 3.21. The first-order valence-electron chi connectivity index (χ1n) is 7.13. The summed E-state index contributed by atoms with van der Waals surface area (Å²) in [6, 6.07) is 10.4. The molecule has 3 N–H and O–H groups in total. The predicted molar refractivity (Wildman–Crippen MR) is 91.2 cm³/mol. The van der Waals surface area contributed by atoms with Gasteiger partial charge in [0.1, 0.15) is 12.4 Å². The largest absolute Gasteiger partial charge is 0.508 e. The van der Waals surface area contributed by atoms with Crippen molar-refractivity contribution in [3.63, 3.8) is 0 Å². The number of hydrogen-bond acceptors (Lipinski definition) is 5. The molecule has 0 aliphatic carbocycles. The summed E-state index contributed by atoms with van der Waals surface area (Å²) < 4.78 is 10.9. The van der Waals surface area contributed by atoms with E-state index in [4.69, 9.17) is 26.5 Å². The van der Waals surface area contributed by atoms with Crippen LogP contribution in [0.1, 0.15) is 11.1 Å². The second-order valence-corrected chi connectivity index (χ2v) is 5.28. The summed E-state index contributed by atoms with van der Waals surface area (Å²) in [6.07, 6.45) is 1.21. The van der Waals surface area contributed by atoms with Crippen LogP contribution in [0.15, 0.2) is 36.4 Å². The van der Waals surface area contributed by atoms with Gasteiger partial charge in [0.2, 0.25) is 0 Å². The number of phenols is 1. The summed E-state index contributed by atoms with van der Waals surface area (Å²) in [7, 11) is 1.54. The molecule has 0 aliphatic rings. The highest BCUT2D eigenvalue weighted by atomic mass is 35.5. The summed E-state index contributed by atoms with van der Waals surface area (Å²) in [5, 5.41) is 20.2. The van der Waals surface area contributed by atoms with E-state index in [1.165, 1.54) is 13.3 Å². The van der Waals surface area contributed by atoms with Crippen molar-refractivity contribution in [2.24, 2.45) is 0 Å². The molecule has 0 fully saturated rings. The van der Waals surface area contributed by atoms with Crippen molar-refractivity contribution in [3.8, 4) is 17.2 Å². The fraction of sp³-hybridized carbons (Fsp3) is 0.235. The zero-order valence-corrected chi connectivity index (χ0v) is 13.6. The molecule has 122 valence electrons. The lowest BCUT2D eigenvalue weighted by Gasteiger charge is -2.13. The minimum atomic E-state index is 0.257. The molecule has 5 nitrogen and oxygen atoms in total. The van der Waals surface area contributed by atoms with Gasteiger partial charge in [0.15, 0.2) is 11.5 Å². The zero-order chi connectivity index (χ0) is 16.7. The molecule has 0 spiro atoms. The Morgan fingerprint density at radius 1 is 1.26 bits per heavy atom. The van der Waals surface area contributed by atoms with E-state index < -0.39 is 0 Å². The lowest BCUT2D eigenvalue weighted by atomic mass is 10.2. The number of aromatic hydroxyl groups is 1. The predicted octanol–water partition coefficient (Wildman–Crippen LogP) is 3.22. The maximum atomic E-state index is 9.23. The summed E-state index contributed by atoms with van der Waals surface area (Å²) >= 11 is 6.16. The zero-order valence-electron chi connectivity index (χ0n) is 12.8. The van der Waals surface area contributed by atoms with Gasteiger partial charge < -0.3 is 25.3 Å². The van der Waals surface area contributed by atoms with Gasteiger partial charge in [-0.05, 0) is 35.4 Å². The lowest BCUT2D eigenvalue weighted by Crippen LogP contribution is -2.20. The molecule has 0 aromatic heterocycles. The minimum absolute atomic E-state index is 0.257. The van der Waals surface area contributed by atoms with Gasteiger partial charge in [-0.2, -0.15) is 0 Å². The molecule has 6 heteroatoms. The van der Waals surface area contributed by atoms with Gasteiger partial charge in [0, 0.05) is 19.3 Å². The molecule has 0 bridgehead atoms. The molecule has 2 aromatic rings. The summed E-state index contributed by atoms with van der Waals surface area (Å²) in [5.41, 5.74) is 1.73. The highest BCUT2D eigenvalue weighted by Crippen LogP contribution is 2.35. The number of methoxy groups -OCH3 is 1. The fourth-order valence-electron chi connectivity index (χ4n) is 2.03. The molecular weight excluding hydrogens is 316 g/mol. The Bertz CT molecular complexity index is 660. The maximum absolute atomic E-state index is 9.23. The molecule has 0 saturated heterocycles. The second-order valence-electron chi connectivity index (χ2n) is 4.87. The molecule has 0 heterocycles. The van der Waals surface area contributed by atoms with E-state index in [1.54, 1.807) is 24.3 Å². The molecule has 0 aliphatic heterocycles. The molecule has 2 rings (SSSR count). The molecule has 2 aromatic carbocycles. The molecule has 0 atom stereocenters. The first-order valence-corrected chi connectivity index (χ1v) is 7.51. The Balaban J connectivity index is 1.84. The van der Waals surface area contributed by atoms with Crippen LogP contribution >= 0.6 is 11.6 Å². The minimum Gasteiger partial charge on any atom is -0.508 e. The molecule has 0 radical (unpaired) electrons. The Hall–Kier alpha value is -2.24. The van der Waals surface area contributed by atoms with Crippen LogP contribution in [0.25, 0.3) is 0 Å². The van der Waals surface area contributed by atoms with Gasteiger partial charge in [-0.3, -0.25) is 0 Å². The van der Waals surface area contributed by atoms with E-state index in [2.05, 4.69) is 5.32 Å². The van der Waals surface area contributed by atoms with Crippen molar-refractivity contribution in [1.82, 2.24) is 5.32 Å². The standard InChI is InChI=1S/C17H19ClN2O3/c1-22-16-9-13(10-19)8-15(18)17(16)23-7-6-20-11-12-2-4-14(21)5-3-12/h2-5,8-10,19-21H,6-7,11H2,1H3.